The van der Waals surface area contributed by atoms with E-state index in [0.717, 1.165) is 24.8 Å². The van der Waals surface area contributed by atoms with Crippen molar-refractivity contribution in [1.29, 1.82) is 0 Å². The standard InChI is InChI=1S/C21H24FNO2/c1-3-13-25-19-11-12-21(23-15-19)18-10-9-17(20(22)14-18)8-6-4-5-7-16(2)24/h3,6,8-12,14-16,24H,1,4-5,7,13H2,2H3/b8-6+. The van der Waals surface area contributed by atoms with E-state index >= 15 is 0 Å². The Kier molecular flexibility index (Phi) is 7.36. The number of ether oxygens (including phenoxy) is 1. The van der Waals surface area contributed by atoms with E-state index in [1.807, 2.05) is 12.1 Å². The van der Waals surface area contributed by atoms with Crippen molar-refractivity contribution in [3.8, 4) is 17.0 Å². The first kappa shape index (κ1) is 18.9. The Morgan fingerprint density at radius 2 is 2.16 bits per heavy atom. The molecule has 0 aliphatic carbocycles. The van der Waals surface area contributed by atoms with Gasteiger partial charge in [-0.2, -0.15) is 0 Å². The van der Waals surface area contributed by atoms with Gasteiger partial charge in [0.25, 0.3) is 0 Å². The van der Waals surface area contributed by atoms with Crippen LogP contribution in [-0.4, -0.2) is 22.8 Å². The molecule has 2 rings (SSSR count). The molecule has 132 valence electrons. The number of hydrogen-bond acceptors (Lipinski definition) is 3. The predicted molar refractivity (Wildman–Crippen MR) is 99.9 cm³/mol. The van der Waals surface area contributed by atoms with Crippen LogP contribution in [0.5, 0.6) is 5.75 Å². The van der Waals surface area contributed by atoms with Crippen molar-refractivity contribution < 1.29 is 14.2 Å². The van der Waals surface area contributed by atoms with E-state index < -0.39 is 0 Å². The minimum absolute atomic E-state index is 0.280. The lowest BCUT2D eigenvalue weighted by atomic mass is 10.1. The quantitative estimate of drug-likeness (QED) is 0.514. The summed E-state index contributed by atoms with van der Waals surface area (Å²) in [6.07, 6.45) is 9.17. The van der Waals surface area contributed by atoms with Gasteiger partial charge in [0.15, 0.2) is 0 Å². The van der Waals surface area contributed by atoms with Gasteiger partial charge in [0.05, 0.1) is 18.0 Å². The maximum absolute atomic E-state index is 14.3. The zero-order valence-electron chi connectivity index (χ0n) is 14.5. The lowest BCUT2D eigenvalue weighted by molar-refractivity contribution is 0.182. The average molecular weight is 341 g/mol. The van der Waals surface area contributed by atoms with E-state index in [4.69, 9.17) is 4.74 Å². The maximum atomic E-state index is 14.3. The van der Waals surface area contributed by atoms with Crippen molar-refractivity contribution in [3.05, 3.63) is 66.6 Å². The lowest BCUT2D eigenvalue weighted by Gasteiger charge is -2.06. The third-order valence-electron chi connectivity index (χ3n) is 3.69. The number of aliphatic hydroxyl groups excluding tert-OH is 1. The fraction of sp³-hybridized carbons (Fsp3) is 0.286. The zero-order valence-corrected chi connectivity index (χ0v) is 14.5. The number of rotatable bonds is 9. The molecule has 0 spiro atoms. The molecule has 0 aliphatic rings. The second-order valence-electron chi connectivity index (χ2n) is 5.90. The van der Waals surface area contributed by atoms with Gasteiger partial charge >= 0.3 is 0 Å². The summed E-state index contributed by atoms with van der Waals surface area (Å²) < 4.78 is 19.7. The Morgan fingerprint density at radius 3 is 2.80 bits per heavy atom. The monoisotopic (exact) mass is 341 g/mol. The number of aliphatic hydroxyl groups is 1. The highest BCUT2D eigenvalue weighted by atomic mass is 19.1. The fourth-order valence-corrected chi connectivity index (χ4v) is 2.35. The average Bonchev–Trinajstić information content (AvgIpc) is 2.61. The van der Waals surface area contributed by atoms with E-state index in [2.05, 4.69) is 11.6 Å². The highest BCUT2D eigenvalue weighted by Crippen LogP contribution is 2.23. The van der Waals surface area contributed by atoms with Gasteiger partial charge in [-0.1, -0.05) is 36.9 Å². The molecule has 1 heterocycles. The fourth-order valence-electron chi connectivity index (χ4n) is 2.35. The summed E-state index contributed by atoms with van der Waals surface area (Å²) in [7, 11) is 0. The lowest BCUT2D eigenvalue weighted by Crippen LogP contribution is -1.97. The maximum Gasteiger partial charge on any atom is 0.138 e. The molecule has 4 heteroatoms. The number of hydrogen-bond donors (Lipinski definition) is 1. The van der Waals surface area contributed by atoms with Crippen LogP contribution < -0.4 is 4.74 Å². The first-order valence-corrected chi connectivity index (χ1v) is 8.44. The molecule has 0 fully saturated rings. The number of nitrogens with zero attached hydrogens (tertiary/aromatic N) is 1. The topological polar surface area (TPSA) is 42.4 Å². The van der Waals surface area contributed by atoms with Crippen LogP contribution in [0.1, 0.15) is 31.7 Å². The first-order chi connectivity index (χ1) is 12.1. The third-order valence-corrected chi connectivity index (χ3v) is 3.69. The summed E-state index contributed by atoms with van der Waals surface area (Å²) in [5.41, 5.74) is 1.96. The molecule has 0 saturated carbocycles. The number of pyridine rings is 1. The molecular weight excluding hydrogens is 317 g/mol. The Morgan fingerprint density at radius 1 is 1.32 bits per heavy atom. The van der Waals surface area contributed by atoms with Crippen LogP contribution in [0.3, 0.4) is 0 Å². The van der Waals surface area contributed by atoms with Crippen molar-refractivity contribution >= 4 is 6.08 Å². The Balaban J connectivity index is 2.00. The molecular formula is C21H24FNO2. The van der Waals surface area contributed by atoms with Crippen LogP contribution in [0.4, 0.5) is 4.39 Å². The van der Waals surface area contributed by atoms with Crippen molar-refractivity contribution in [2.24, 2.45) is 0 Å². The normalized spacial score (nSPS) is 12.3. The molecule has 0 amide bonds. The van der Waals surface area contributed by atoms with E-state index in [-0.39, 0.29) is 11.9 Å². The van der Waals surface area contributed by atoms with Crippen LogP contribution in [-0.2, 0) is 0 Å². The summed E-state index contributed by atoms with van der Waals surface area (Å²) in [5, 5.41) is 9.21. The second kappa shape index (κ2) is 9.74. The number of halogens is 1. The van der Waals surface area contributed by atoms with Gasteiger partial charge < -0.3 is 9.84 Å². The molecule has 1 unspecified atom stereocenters. The van der Waals surface area contributed by atoms with E-state index in [0.29, 0.717) is 23.6 Å². The smallest absolute Gasteiger partial charge is 0.138 e. The molecule has 0 aliphatic heterocycles. The third kappa shape index (κ3) is 6.16. The number of benzene rings is 1. The van der Waals surface area contributed by atoms with Crippen LogP contribution >= 0.6 is 0 Å². The highest BCUT2D eigenvalue weighted by Gasteiger charge is 2.05. The zero-order chi connectivity index (χ0) is 18.1. The van der Waals surface area contributed by atoms with Gasteiger partial charge in [0, 0.05) is 11.1 Å². The van der Waals surface area contributed by atoms with Gasteiger partial charge in [-0.15, -0.1) is 0 Å². The minimum atomic E-state index is -0.287. The van der Waals surface area contributed by atoms with Gasteiger partial charge in [-0.05, 0) is 44.4 Å². The van der Waals surface area contributed by atoms with Crippen molar-refractivity contribution in [2.75, 3.05) is 6.61 Å². The van der Waals surface area contributed by atoms with Crippen LogP contribution in [0.2, 0.25) is 0 Å². The number of allylic oxidation sites excluding steroid dienone is 1. The first-order valence-electron chi connectivity index (χ1n) is 8.44. The molecule has 0 bridgehead atoms. The largest absolute Gasteiger partial charge is 0.488 e. The Hall–Kier alpha value is -2.46. The molecule has 25 heavy (non-hydrogen) atoms. The van der Waals surface area contributed by atoms with Crippen molar-refractivity contribution in [3.63, 3.8) is 0 Å². The summed E-state index contributed by atoms with van der Waals surface area (Å²) in [6, 6.07) is 8.70. The van der Waals surface area contributed by atoms with Crippen LogP contribution in [0, 0.1) is 5.82 Å². The van der Waals surface area contributed by atoms with Gasteiger partial charge in [0.2, 0.25) is 0 Å². The molecule has 2 aromatic rings. The predicted octanol–water partition coefficient (Wildman–Crippen LogP) is 5.02. The van der Waals surface area contributed by atoms with Gasteiger partial charge in [-0.25, -0.2) is 4.39 Å². The summed E-state index contributed by atoms with van der Waals surface area (Å²) in [5.74, 6) is 0.374. The molecule has 1 N–H and O–H groups in total. The summed E-state index contributed by atoms with van der Waals surface area (Å²) in [4.78, 5) is 4.31. The highest BCUT2D eigenvalue weighted by molar-refractivity contribution is 5.63. The van der Waals surface area contributed by atoms with Crippen LogP contribution in [0.25, 0.3) is 17.3 Å². The molecule has 3 nitrogen and oxygen atoms in total. The van der Waals surface area contributed by atoms with Crippen molar-refractivity contribution in [1.82, 2.24) is 4.98 Å². The minimum Gasteiger partial charge on any atom is -0.488 e. The summed E-state index contributed by atoms with van der Waals surface area (Å²) >= 11 is 0. The molecule has 0 saturated heterocycles. The second-order valence-corrected chi connectivity index (χ2v) is 5.90. The number of unbranched alkanes of at least 4 members (excludes halogenated alkanes) is 1. The van der Waals surface area contributed by atoms with E-state index in [1.165, 1.54) is 6.07 Å². The van der Waals surface area contributed by atoms with E-state index in [1.54, 1.807) is 43.5 Å². The van der Waals surface area contributed by atoms with Gasteiger partial charge in [0.1, 0.15) is 18.2 Å². The van der Waals surface area contributed by atoms with Gasteiger partial charge in [-0.3, -0.25) is 4.98 Å². The SMILES string of the molecule is C=CCOc1ccc(-c2ccc(/C=C/CCCC(C)O)c(F)c2)nc1. The Bertz CT molecular complexity index is 708. The number of aromatic nitrogens is 1. The Labute approximate surface area is 148 Å². The molecule has 1 aromatic carbocycles. The van der Waals surface area contributed by atoms with E-state index in [9.17, 15) is 9.50 Å². The van der Waals surface area contributed by atoms with Crippen molar-refractivity contribution in [2.45, 2.75) is 32.3 Å². The molecule has 1 atom stereocenters. The summed E-state index contributed by atoms with van der Waals surface area (Å²) in [6.45, 7) is 5.79. The molecule has 0 radical (unpaired) electrons. The molecule has 1 aromatic heterocycles. The van der Waals surface area contributed by atoms with Crippen LogP contribution in [0.15, 0.2) is 55.3 Å².